The third kappa shape index (κ3) is 4.77. The minimum atomic E-state index is -0.968. The minimum absolute atomic E-state index is 0.201. The van der Waals surface area contributed by atoms with Gasteiger partial charge in [-0.1, -0.05) is 41.6 Å². The van der Waals surface area contributed by atoms with E-state index in [1.165, 1.54) is 6.26 Å². The number of oxime groups is 1. The van der Waals surface area contributed by atoms with Gasteiger partial charge in [-0.3, -0.25) is 0 Å². The van der Waals surface area contributed by atoms with Gasteiger partial charge in [0.05, 0.1) is 30.6 Å². The molecule has 3 rings (SSSR count). The predicted molar refractivity (Wildman–Crippen MR) is 101 cm³/mol. The minimum Gasteiger partial charge on any atom is -0.478 e. The standard InChI is InChI=1S/C21H25NO5/c1-21(2,3)27-22-11-15-9-10-16-17(19(23)24)13-26-20(18(15)16)25-12-14-7-5-4-6-8-14/h4-9,11,13,16,18,20H,10,12H2,1-3H3,(H,23,24)/t16-,18-,20-/m1/s1. The zero-order chi connectivity index (χ0) is 19.4. The zero-order valence-corrected chi connectivity index (χ0v) is 15.8. The van der Waals surface area contributed by atoms with Crippen LogP contribution in [0.15, 0.2) is 59.0 Å². The Morgan fingerprint density at radius 2 is 2.07 bits per heavy atom. The lowest BCUT2D eigenvalue weighted by Crippen LogP contribution is -2.37. The molecule has 1 aromatic carbocycles. The van der Waals surface area contributed by atoms with Crippen molar-refractivity contribution >= 4 is 12.2 Å². The number of aliphatic carboxylic acids is 1. The van der Waals surface area contributed by atoms with Crippen molar-refractivity contribution in [1.29, 1.82) is 0 Å². The van der Waals surface area contributed by atoms with Gasteiger partial charge in [-0.05, 0) is 38.3 Å². The third-order valence-electron chi connectivity index (χ3n) is 4.48. The van der Waals surface area contributed by atoms with Crippen LogP contribution in [0.3, 0.4) is 0 Å². The molecule has 144 valence electrons. The molecule has 1 heterocycles. The van der Waals surface area contributed by atoms with Crippen LogP contribution in [0.4, 0.5) is 0 Å². The fraction of sp³-hybridized carbons (Fsp3) is 0.429. The number of benzene rings is 1. The van der Waals surface area contributed by atoms with E-state index in [2.05, 4.69) is 5.16 Å². The summed E-state index contributed by atoms with van der Waals surface area (Å²) in [6, 6.07) is 9.79. The van der Waals surface area contributed by atoms with Crippen LogP contribution in [-0.4, -0.2) is 29.2 Å². The molecule has 6 nitrogen and oxygen atoms in total. The van der Waals surface area contributed by atoms with Crippen molar-refractivity contribution in [2.45, 2.75) is 45.7 Å². The fourth-order valence-corrected chi connectivity index (χ4v) is 3.25. The van der Waals surface area contributed by atoms with Crippen LogP contribution in [-0.2, 0) is 25.7 Å². The second-order valence-electron chi connectivity index (χ2n) is 7.69. The summed E-state index contributed by atoms with van der Waals surface area (Å²) in [7, 11) is 0. The number of carbonyl (C=O) groups is 1. The number of carboxylic acids is 1. The second-order valence-corrected chi connectivity index (χ2v) is 7.69. The van der Waals surface area contributed by atoms with Gasteiger partial charge < -0.3 is 19.4 Å². The fourth-order valence-electron chi connectivity index (χ4n) is 3.25. The molecule has 2 aliphatic rings. The van der Waals surface area contributed by atoms with Gasteiger partial charge >= 0.3 is 5.97 Å². The van der Waals surface area contributed by atoms with E-state index in [0.29, 0.717) is 13.0 Å². The maximum Gasteiger partial charge on any atom is 0.335 e. The molecule has 6 heteroatoms. The Labute approximate surface area is 159 Å². The molecule has 0 radical (unpaired) electrons. The van der Waals surface area contributed by atoms with Crippen LogP contribution in [0.1, 0.15) is 32.8 Å². The van der Waals surface area contributed by atoms with E-state index >= 15 is 0 Å². The van der Waals surface area contributed by atoms with Crippen molar-refractivity contribution in [3.8, 4) is 0 Å². The Morgan fingerprint density at radius 1 is 1.33 bits per heavy atom. The largest absolute Gasteiger partial charge is 0.478 e. The van der Waals surface area contributed by atoms with E-state index in [-0.39, 0.29) is 17.4 Å². The SMILES string of the molecule is CC(C)(C)ON=CC1=CC[C@@H]2C(C(=O)O)=CO[C@@H](OCc3ccccc3)[C@H]12. The highest BCUT2D eigenvalue weighted by molar-refractivity contribution is 5.89. The molecule has 1 aliphatic heterocycles. The Kier molecular flexibility index (Phi) is 5.65. The van der Waals surface area contributed by atoms with E-state index in [0.717, 1.165) is 11.1 Å². The number of carboxylic acid groups (broad SMARTS) is 1. The van der Waals surface area contributed by atoms with Gasteiger partial charge in [0.15, 0.2) is 0 Å². The highest BCUT2D eigenvalue weighted by Gasteiger charge is 2.44. The first kappa shape index (κ1) is 19.2. The Morgan fingerprint density at radius 3 is 2.74 bits per heavy atom. The lowest BCUT2D eigenvalue weighted by atomic mass is 9.83. The van der Waals surface area contributed by atoms with Gasteiger partial charge in [0, 0.05) is 5.92 Å². The number of hydrogen-bond acceptors (Lipinski definition) is 5. The highest BCUT2D eigenvalue weighted by Crippen LogP contribution is 2.43. The number of allylic oxidation sites excluding steroid dienone is 1. The third-order valence-corrected chi connectivity index (χ3v) is 4.48. The van der Waals surface area contributed by atoms with Gasteiger partial charge in [0.25, 0.3) is 0 Å². The molecule has 0 saturated carbocycles. The highest BCUT2D eigenvalue weighted by atomic mass is 16.7. The number of fused-ring (bicyclic) bond motifs is 1. The number of nitrogens with zero attached hydrogens (tertiary/aromatic N) is 1. The van der Waals surface area contributed by atoms with Crippen LogP contribution in [0.2, 0.25) is 0 Å². The molecule has 3 atom stereocenters. The first-order valence-electron chi connectivity index (χ1n) is 9.01. The second kappa shape index (κ2) is 7.96. The van der Waals surface area contributed by atoms with Gasteiger partial charge in [0.2, 0.25) is 6.29 Å². The van der Waals surface area contributed by atoms with Crippen molar-refractivity contribution in [2.75, 3.05) is 0 Å². The molecular weight excluding hydrogens is 346 g/mol. The predicted octanol–water partition coefficient (Wildman–Crippen LogP) is 3.89. The maximum absolute atomic E-state index is 11.6. The molecule has 1 N–H and O–H groups in total. The summed E-state index contributed by atoms with van der Waals surface area (Å²) in [5.74, 6) is -1.41. The molecule has 0 spiro atoms. The summed E-state index contributed by atoms with van der Waals surface area (Å²) < 4.78 is 11.6. The summed E-state index contributed by atoms with van der Waals surface area (Å²) in [4.78, 5) is 17.0. The van der Waals surface area contributed by atoms with Crippen molar-refractivity contribution in [3.63, 3.8) is 0 Å². The van der Waals surface area contributed by atoms with Crippen LogP contribution < -0.4 is 0 Å². The van der Waals surface area contributed by atoms with Gasteiger partial charge in [0.1, 0.15) is 5.60 Å². The molecule has 1 aromatic rings. The Hall–Kier alpha value is -2.60. The summed E-state index contributed by atoms with van der Waals surface area (Å²) in [6.45, 7) is 6.12. The Bertz CT molecular complexity index is 761. The molecule has 0 aromatic heterocycles. The average Bonchev–Trinajstić information content (AvgIpc) is 3.03. The van der Waals surface area contributed by atoms with E-state index < -0.39 is 17.9 Å². The van der Waals surface area contributed by atoms with Crippen molar-refractivity contribution in [1.82, 2.24) is 0 Å². The molecule has 0 bridgehead atoms. The smallest absolute Gasteiger partial charge is 0.335 e. The molecule has 0 saturated heterocycles. The topological polar surface area (TPSA) is 77.4 Å². The average molecular weight is 371 g/mol. The summed E-state index contributed by atoms with van der Waals surface area (Å²) in [5, 5.41) is 13.5. The van der Waals surface area contributed by atoms with E-state index in [1.54, 1.807) is 6.21 Å². The molecule has 27 heavy (non-hydrogen) atoms. The van der Waals surface area contributed by atoms with Crippen LogP contribution >= 0.6 is 0 Å². The Balaban J connectivity index is 1.76. The van der Waals surface area contributed by atoms with Crippen LogP contribution in [0.5, 0.6) is 0 Å². The van der Waals surface area contributed by atoms with Gasteiger partial charge in [-0.25, -0.2) is 4.79 Å². The number of rotatable bonds is 6. The van der Waals surface area contributed by atoms with Crippen molar-refractivity contribution < 1.29 is 24.2 Å². The normalized spacial score (nSPS) is 24.8. The van der Waals surface area contributed by atoms with Gasteiger partial charge in [-0.2, -0.15) is 0 Å². The quantitative estimate of drug-likeness (QED) is 0.606. The first-order valence-corrected chi connectivity index (χ1v) is 9.01. The lowest BCUT2D eigenvalue weighted by molar-refractivity contribution is -0.158. The zero-order valence-electron chi connectivity index (χ0n) is 15.8. The number of ether oxygens (including phenoxy) is 2. The summed E-state index contributed by atoms with van der Waals surface area (Å²) in [5.41, 5.74) is 1.76. The van der Waals surface area contributed by atoms with E-state index in [9.17, 15) is 9.90 Å². The number of hydrogen-bond donors (Lipinski definition) is 1. The summed E-state index contributed by atoms with van der Waals surface area (Å²) >= 11 is 0. The maximum atomic E-state index is 11.6. The molecule has 1 aliphatic carbocycles. The lowest BCUT2D eigenvalue weighted by Gasteiger charge is -2.33. The first-order chi connectivity index (χ1) is 12.8. The van der Waals surface area contributed by atoms with E-state index in [4.69, 9.17) is 14.3 Å². The molecule has 0 amide bonds. The van der Waals surface area contributed by atoms with E-state index in [1.807, 2.05) is 57.2 Å². The van der Waals surface area contributed by atoms with Crippen LogP contribution in [0, 0.1) is 11.8 Å². The van der Waals surface area contributed by atoms with Crippen molar-refractivity contribution in [2.24, 2.45) is 17.0 Å². The summed E-state index contributed by atoms with van der Waals surface area (Å²) in [6.07, 6.45) is 4.97. The molecule has 0 unspecified atom stereocenters. The molecule has 0 fully saturated rings. The molecular formula is C21H25NO5. The monoisotopic (exact) mass is 371 g/mol. The van der Waals surface area contributed by atoms with Crippen LogP contribution in [0.25, 0.3) is 0 Å². The van der Waals surface area contributed by atoms with Gasteiger partial charge in [-0.15, -0.1) is 0 Å². The van der Waals surface area contributed by atoms with Crippen molar-refractivity contribution in [3.05, 3.63) is 59.4 Å².